The third kappa shape index (κ3) is 7.67. The lowest BCUT2D eigenvalue weighted by Crippen LogP contribution is -2.38. The molecule has 0 unspecified atom stereocenters. The number of aromatic nitrogens is 12. The third-order valence-electron chi connectivity index (χ3n) is 9.04. The van der Waals surface area contributed by atoms with Crippen molar-refractivity contribution in [1.29, 1.82) is 5.26 Å². The van der Waals surface area contributed by atoms with Gasteiger partial charge in [0.1, 0.15) is 47.4 Å². The molecule has 0 bridgehead atoms. The highest BCUT2D eigenvalue weighted by atomic mass is 19.1. The minimum atomic E-state index is -1.19. The summed E-state index contributed by atoms with van der Waals surface area (Å²) < 4.78 is 55.4. The number of aryl methyl sites for hydroxylation is 1. The second-order valence-corrected chi connectivity index (χ2v) is 14.6. The summed E-state index contributed by atoms with van der Waals surface area (Å²) in [4.78, 5) is 12.7. The molecule has 15 nitrogen and oxygen atoms in total. The van der Waals surface area contributed by atoms with Crippen LogP contribution in [-0.4, -0.2) is 59.4 Å². The Morgan fingerprint density at radius 1 is 0.879 bits per heavy atom. The van der Waals surface area contributed by atoms with Crippen LogP contribution in [0.4, 0.5) is 13.2 Å². The van der Waals surface area contributed by atoms with Crippen LogP contribution in [0.25, 0.3) is 39.6 Å². The number of hydrogen-bond donors (Lipinski definition) is 1. The van der Waals surface area contributed by atoms with Crippen molar-refractivity contribution in [3.05, 3.63) is 126 Å². The van der Waals surface area contributed by atoms with Crippen molar-refractivity contribution < 1.29 is 27.7 Å². The van der Waals surface area contributed by atoms with Gasteiger partial charge in [0.15, 0.2) is 23.5 Å². The number of nitrogens with zero attached hydrogens (tertiary/aromatic N) is 13. The van der Waals surface area contributed by atoms with Gasteiger partial charge in [0.2, 0.25) is 5.88 Å². The van der Waals surface area contributed by atoms with Crippen LogP contribution in [0.3, 0.4) is 0 Å². The van der Waals surface area contributed by atoms with Gasteiger partial charge in [-0.2, -0.15) is 19.9 Å². The van der Waals surface area contributed by atoms with Gasteiger partial charge in [0.05, 0.1) is 17.2 Å². The molecule has 0 amide bonds. The molecule has 0 aliphatic rings. The number of aliphatic hydroxyl groups is 1. The normalized spacial score (nSPS) is 11.7. The Labute approximate surface area is 329 Å². The standard InChI is InChI=1S/C20H15F2N6O.C20H22FN7O/c1-20(2,29)17-10-25-28-19(26-17)24-11-27(28)13-6-7-15(21)14(8-13)18-12(9-23)4-3-5-16(18)22;1-5-27-17(22-12-23-27)11-29-19-14(20(2,3)4)10-16-24-25-18(28(16)26-19)13-8-6-7-9-15(13)21/h3-8,10-11,29H,1-2H3;6-10,12H,5,11H2,1-4H3/q+1;. The van der Waals surface area contributed by atoms with Gasteiger partial charge in [-0.1, -0.05) is 44.0 Å². The second kappa shape index (κ2) is 15.4. The number of rotatable bonds is 8. The van der Waals surface area contributed by atoms with Gasteiger partial charge in [-0.15, -0.1) is 20.0 Å². The lowest BCUT2D eigenvalue weighted by Gasteiger charge is -2.21. The fourth-order valence-electron chi connectivity index (χ4n) is 6.01. The van der Waals surface area contributed by atoms with E-state index in [1.54, 1.807) is 36.7 Å². The summed E-state index contributed by atoms with van der Waals surface area (Å²) in [6.07, 6.45) is 4.33. The lowest BCUT2D eigenvalue weighted by molar-refractivity contribution is -0.675. The average molecular weight is 789 g/mol. The van der Waals surface area contributed by atoms with Gasteiger partial charge in [-0.3, -0.25) is 0 Å². The molecule has 0 atom stereocenters. The first-order chi connectivity index (χ1) is 27.7. The van der Waals surface area contributed by atoms with E-state index in [0.717, 1.165) is 5.56 Å². The van der Waals surface area contributed by atoms with E-state index in [1.807, 2.05) is 19.1 Å². The Hall–Kier alpha value is -7.13. The van der Waals surface area contributed by atoms with E-state index < -0.39 is 17.2 Å². The van der Waals surface area contributed by atoms with Gasteiger partial charge < -0.3 is 9.84 Å². The first-order valence-corrected chi connectivity index (χ1v) is 18.0. The number of nitriles is 1. The Morgan fingerprint density at radius 3 is 2.36 bits per heavy atom. The summed E-state index contributed by atoms with van der Waals surface area (Å²) in [5.41, 5.74) is 0.933. The predicted octanol–water partition coefficient (Wildman–Crippen LogP) is 5.86. The molecule has 0 spiro atoms. The summed E-state index contributed by atoms with van der Waals surface area (Å²) in [6, 6.07) is 18.2. The average Bonchev–Trinajstić information content (AvgIpc) is 3.95. The Morgan fingerprint density at radius 2 is 1.64 bits per heavy atom. The van der Waals surface area contributed by atoms with Crippen LogP contribution in [-0.2, 0) is 24.2 Å². The fourth-order valence-corrected chi connectivity index (χ4v) is 6.01. The number of ether oxygens (including phenoxy) is 1. The SMILES string of the molecule is CC(C)(O)c1cnn2c(nc[n+]2-c2ccc(F)c(-c3c(F)cccc3C#N)c2)n1.CCn1ncnc1COc1nn2c(-c3ccccc3F)nnc2cc1C(C)(C)C. The van der Waals surface area contributed by atoms with Gasteiger partial charge in [-0.25, -0.2) is 22.8 Å². The summed E-state index contributed by atoms with van der Waals surface area (Å²) in [5, 5.41) is 40.7. The van der Waals surface area contributed by atoms with Crippen molar-refractivity contribution in [3.63, 3.8) is 0 Å². The molecule has 0 saturated carbocycles. The quantitative estimate of drug-likeness (QED) is 0.183. The van der Waals surface area contributed by atoms with Crippen LogP contribution in [0.15, 0.2) is 85.6 Å². The largest absolute Gasteiger partial charge is 0.468 e. The zero-order valence-corrected chi connectivity index (χ0v) is 32.3. The molecule has 3 aromatic carbocycles. The van der Waals surface area contributed by atoms with E-state index >= 15 is 0 Å². The molecule has 5 aromatic heterocycles. The zero-order valence-electron chi connectivity index (χ0n) is 32.3. The van der Waals surface area contributed by atoms with E-state index in [0.29, 0.717) is 46.7 Å². The molecule has 0 radical (unpaired) electrons. The molecule has 1 N–H and O–H groups in total. The summed E-state index contributed by atoms with van der Waals surface area (Å²) >= 11 is 0. The van der Waals surface area contributed by atoms with Crippen LogP contribution in [0.2, 0.25) is 0 Å². The van der Waals surface area contributed by atoms with Gasteiger partial charge in [0.25, 0.3) is 6.33 Å². The molecule has 8 rings (SSSR count). The van der Waals surface area contributed by atoms with Gasteiger partial charge in [-0.05, 0) is 84.4 Å². The second-order valence-electron chi connectivity index (χ2n) is 14.6. The van der Waals surface area contributed by atoms with Crippen molar-refractivity contribution in [1.82, 2.24) is 54.3 Å². The van der Waals surface area contributed by atoms with Crippen LogP contribution in [0.1, 0.15) is 64.2 Å². The van der Waals surface area contributed by atoms with Crippen LogP contribution in [0.5, 0.6) is 5.88 Å². The monoisotopic (exact) mass is 788 g/mol. The number of fused-ring (bicyclic) bond motifs is 2. The Bertz CT molecular complexity index is 2830. The van der Waals surface area contributed by atoms with Crippen LogP contribution >= 0.6 is 0 Å². The number of halogens is 3. The molecule has 294 valence electrons. The van der Waals surface area contributed by atoms with E-state index in [4.69, 9.17) is 4.74 Å². The number of hydrogen-bond acceptors (Lipinski definition) is 11. The maximum absolute atomic E-state index is 14.5. The molecule has 5 heterocycles. The van der Waals surface area contributed by atoms with Crippen molar-refractivity contribution in [3.8, 4) is 40.2 Å². The molecule has 18 heteroatoms. The highest BCUT2D eigenvalue weighted by molar-refractivity contribution is 5.72. The summed E-state index contributed by atoms with van der Waals surface area (Å²) in [6.45, 7) is 12.3. The molecule has 0 aliphatic heterocycles. The highest BCUT2D eigenvalue weighted by Gasteiger charge is 2.26. The smallest absolute Gasteiger partial charge is 0.370 e. The molecule has 0 aliphatic carbocycles. The molecule has 0 fully saturated rings. The van der Waals surface area contributed by atoms with E-state index in [-0.39, 0.29) is 40.3 Å². The van der Waals surface area contributed by atoms with Crippen LogP contribution in [0, 0.1) is 28.8 Å². The van der Waals surface area contributed by atoms with Gasteiger partial charge in [0, 0.05) is 23.2 Å². The van der Waals surface area contributed by atoms with E-state index in [1.165, 1.54) is 75.1 Å². The minimum Gasteiger partial charge on any atom is -0.468 e. The third-order valence-corrected chi connectivity index (χ3v) is 9.04. The van der Waals surface area contributed by atoms with E-state index in [2.05, 4.69) is 61.2 Å². The Kier molecular flexibility index (Phi) is 10.4. The van der Waals surface area contributed by atoms with Crippen molar-refractivity contribution in [2.24, 2.45) is 0 Å². The molecular formula is C40H37F3N13O2+. The zero-order chi connectivity index (χ0) is 41.4. The van der Waals surface area contributed by atoms with Crippen LogP contribution < -0.4 is 9.42 Å². The summed E-state index contributed by atoms with van der Waals surface area (Å²) in [5.74, 6) is -0.0836. The molecule has 58 heavy (non-hydrogen) atoms. The fraction of sp³-hybridized carbons (Fsp3) is 0.250. The van der Waals surface area contributed by atoms with E-state index in [9.17, 15) is 23.5 Å². The first-order valence-electron chi connectivity index (χ1n) is 18.0. The van der Waals surface area contributed by atoms with Crippen molar-refractivity contribution in [2.45, 2.75) is 65.7 Å². The van der Waals surface area contributed by atoms with Crippen molar-refractivity contribution in [2.75, 3.05) is 0 Å². The first kappa shape index (κ1) is 39.1. The molecule has 8 aromatic rings. The topological polar surface area (TPSA) is 174 Å². The number of benzene rings is 3. The summed E-state index contributed by atoms with van der Waals surface area (Å²) in [7, 11) is 0. The maximum atomic E-state index is 14.5. The molecular weight excluding hydrogens is 752 g/mol. The molecule has 0 saturated heterocycles. The lowest BCUT2D eigenvalue weighted by atomic mass is 9.88. The predicted molar refractivity (Wildman–Crippen MR) is 203 cm³/mol. The Balaban J connectivity index is 0.000000177. The minimum absolute atomic E-state index is 0.0267. The maximum Gasteiger partial charge on any atom is 0.370 e. The van der Waals surface area contributed by atoms with Crippen molar-refractivity contribution >= 4 is 11.4 Å². The highest BCUT2D eigenvalue weighted by Crippen LogP contribution is 2.33. The van der Waals surface area contributed by atoms with Gasteiger partial charge >= 0.3 is 5.78 Å².